The van der Waals surface area contributed by atoms with Crippen molar-refractivity contribution in [3.05, 3.63) is 48.8 Å². The van der Waals surface area contributed by atoms with Crippen LogP contribution in [-0.2, 0) is 4.79 Å². The second kappa shape index (κ2) is 8.14. The minimum absolute atomic E-state index is 0.0447. The fraction of sp³-hybridized carbons (Fsp3) is 0.263. The van der Waals surface area contributed by atoms with Gasteiger partial charge in [-0.3, -0.25) is 9.78 Å². The zero-order valence-corrected chi connectivity index (χ0v) is 16.4. The first-order valence-corrected chi connectivity index (χ1v) is 10.5. The smallest absolute Gasteiger partial charge is 0.277 e. The number of anilines is 1. The Bertz CT molecular complexity index is 932. The first-order chi connectivity index (χ1) is 13.2. The number of nitrogens with zero attached hydrogens (tertiary/aromatic N) is 4. The van der Waals surface area contributed by atoms with Gasteiger partial charge in [0.15, 0.2) is 0 Å². The average molecular weight is 399 g/mol. The predicted octanol–water partition coefficient (Wildman–Crippen LogP) is 4.14. The number of aromatic nitrogens is 3. The van der Waals surface area contributed by atoms with E-state index in [9.17, 15) is 4.79 Å². The number of rotatable bonds is 4. The maximum absolute atomic E-state index is 12.9. The number of thioether (sulfide) groups is 2. The molecule has 138 valence electrons. The van der Waals surface area contributed by atoms with Gasteiger partial charge in [0.05, 0.1) is 17.0 Å². The zero-order valence-electron chi connectivity index (χ0n) is 14.7. The minimum atomic E-state index is 0.0447. The van der Waals surface area contributed by atoms with E-state index in [1.54, 1.807) is 12.4 Å². The van der Waals surface area contributed by atoms with Crippen molar-refractivity contribution in [2.24, 2.45) is 0 Å². The second-order valence-corrected chi connectivity index (χ2v) is 8.54. The lowest BCUT2D eigenvalue weighted by molar-refractivity contribution is -0.116. The van der Waals surface area contributed by atoms with E-state index in [4.69, 9.17) is 4.42 Å². The quantitative estimate of drug-likeness (QED) is 0.612. The molecule has 0 bridgehead atoms. The SMILES string of the molecule is C[C@@H]1CCN(C(=O)CSc2nnc(-c3cccnc3)o2)c2ccccc2S1. The van der Waals surface area contributed by atoms with Crippen molar-refractivity contribution < 1.29 is 9.21 Å². The summed E-state index contributed by atoms with van der Waals surface area (Å²) in [7, 11) is 0. The van der Waals surface area contributed by atoms with Crippen molar-refractivity contribution in [3.63, 3.8) is 0 Å². The van der Waals surface area contributed by atoms with E-state index in [-0.39, 0.29) is 11.7 Å². The number of carbonyl (C=O) groups is 1. The van der Waals surface area contributed by atoms with Crippen LogP contribution >= 0.6 is 23.5 Å². The highest BCUT2D eigenvalue weighted by atomic mass is 32.2. The Balaban J connectivity index is 1.45. The number of benzene rings is 1. The van der Waals surface area contributed by atoms with Crippen LogP contribution in [0.5, 0.6) is 0 Å². The largest absolute Gasteiger partial charge is 0.411 e. The molecule has 0 N–H and O–H groups in total. The molecular weight excluding hydrogens is 380 g/mol. The Hall–Kier alpha value is -2.32. The first kappa shape index (κ1) is 18.1. The van der Waals surface area contributed by atoms with Gasteiger partial charge in [-0.1, -0.05) is 30.8 Å². The Morgan fingerprint density at radius 1 is 1.30 bits per heavy atom. The van der Waals surface area contributed by atoms with Crippen molar-refractivity contribution in [2.75, 3.05) is 17.2 Å². The van der Waals surface area contributed by atoms with Crippen LogP contribution in [0.1, 0.15) is 13.3 Å². The average Bonchev–Trinajstić information content (AvgIpc) is 3.10. The number of fused-ring (bicyclic) bond motifs is 1. The second-order valence-electron chi connectivity index (χ2n) is 6.13. The Labute approximate surface area is 165 Å². The van der Waals surface area contributed by atoms with Gasteiger partial charge >= 0.3 is 0 Å². The molecular formula is C19H18N4O2S2. The van der Waals surface area contributed by atoms with Crippen LogP contribution in [0.2, 0.25) is 0 Å². The van der Waals surface area contributed by atoms with Gasteiger partial charge in [-0.15, -0.1) is 22.0 Å². The molecule has 0 aliphatic carbocycles. The molecule has 6 nitrogen and oxygen atoms in total. The number of hydrogen-bond acceptors (Lipinski definition) is 7. The predicted molar refractivity (Wildman–Crippen MR) is 107 cm³/mol. The molecule has 0 radical (unpaired) electrons. The van der Waals surface area contributed by atoms with Crippen LogP contribution < -0.4 is 4.90 Å². The van der Waals surface area contributed by atoms with Crippen molar-refractivity contribution >= 4 is 35.1 Å². The molecule has 0 spiro atoms. The van der Waals surface area contributed by atoms with E-state index in [0.29, 0.717) is 16.4 Å². The summed E-state index contributed by atoms with van der Waals surface area (Å²) in [5.41, 5.74) is 1.75. The molecule has 4 rings (SSSR count). The molecule has 3 aromatic rings. The fourth-order valence-electron chi connectivity index (χ4n) is 2.82. The summed E-state index contributed by atoms with van der Waals surface area (Å²) in [6.45, 7) is 2.91. The lowest BCUT2D eigenvalue weighted by Gasteiger charge is -2.22. The van der Waals surface area contributed by atoms with E-state index in [2.05, 4.69) is 28.2 Å². The van der Waals surface area contributed by atoms with E-state index < -0.39 is 0 Å². The number of para-hydroxylation sites is 1. The molecule has 0 unspecified atom stereocenters. The lowest BCUT2D eigenvalue weighted by atomic mass is 10.2. The first-order valence-electron chi connectivity index (χ1n) is 8.63. The van der Waals surface area contributed by atoms with Crippen LogP contribution in [0.3, 0.4) is 0 Å². The van der Waals surface area contributed by atoms with Crippen LogP contribution in [0, 0.1) is 0 Å². The van der Waals surface area contributed by atoms with Gasteiger partial charge in [0.1, 0.15) is 0 Å². The molecule has 1 aliphatic rings. The topological polar surface area (TPSA) is 72.1 Å². The van der Waals surface area contributed by atoms with Crippen LogP contribution in [0.25, 0.3) is 11.5 Å². The molecule has 0 fully saturated rings. The van der Waals surface area contributed by atoms with Crippen LogP contribution in [-0.4, -0.2) is 38.6 Å². The van der Waals surface area contributed by atoms with Crippen molar-refractivity contribution in [1.82, 2.24) is 15.2 Å². The molecule has 1 aliphatic heterocycles. The molecule has 0 saturated heterocycles. The Kier molecular flexibility index (Phi) is 5.45. The standard InChI is InChI=1S/C19H18N4O2S2/c1-13-8-10-23(15-6-2-3-7-16(15)27-13)17(24)12-26-19-22-21-18(25-19)14-5-4-9-20-11-14/h2-7,9,11,13H,8,10,12H2,1H3/t13-/m1/s1. The monoisotopic (exact) mass is 398 g/mol. The van der Waals surface area contributed by atoms with E-state index in [0.717, 1.165) is 29.1 Å². The highest BCUT2D eigenvalue weighted by molar-refractivity contribution is 8.00. The summed E-state index contributed by atoms with van der Waals surface area (Å²) >= 11 is 3.08. The highest BCUT2D eigenvalue weighted by Crippen LogP contribution is 2.37. The number of amides is 1. The maximum atomic E-state index is 12.9. The van der Waals surface area contributed by atoms with Gasteiger partial charge in [0.25, 0.3) is 5.22 Å². The van der Waals surface area contributed by atoms with Gasteiger partial charge in [-0.2, -0.15) is 0 Å². The summed E-state index contributed by atoms with van der Waals surface area (Å²) in [5.74, 6) is 0.703. The summed E-state index contributed by atoms with van der Waals surface area (Å²) < 4.78 is 5.64. The fourth-order valence-corrected chi connectivity index (χ4v) is 4.57. The zero-order chi connectivity index (χ0) is 18.6. The van der Waals surface area contributed by atoms with Crippen molar-refractivity contribution in [3.8, 4) is 11.5 Å². The molecule has 1 atom stereocenters. The van der Waals surface area contributed by atoms with Gasteiger partial charge in [-0.25, -0.2) is 0 Å². The molecule has 27 heavy (non-hydrogen) atoms. The van der Waals surface area contributed by atoms with E-state index >= 15 is 0 Å². The van der Waals surface area contributed by atoms with E-state index in [1.807, 2.05) is 47.0 Å². The number of carbonyl (C=O) groups excluding carboxylic acids is 1. The third-order valence-corrected chi connectivity index (χ3v) is 6.22. The highest BCUT2D eigenvalue weighted by Gasteiger charge is 2.24. The van der Waals surface area contributed by atoms with Gasteiger partial charge in [0.2, 0.25) is 11.8 Å². The van der Waals surface area contributed by atoms with E-state index in [1.165, 1.54) is 11.8 Å². The molecule has 0 saturated carbocycles. The van der Waals surface area contributed by atoms with Gasteiger partial charge in [-0.05, 0) is 30.7 Å². The Morgan fingerprint density at radius 2 is 2.19 bits per heavy atom. The summed E-state index contributed by atoms with van der Waals surface area (Å²) in [4.78, 5) is 19.9. The normalized spacial score (nSPS) is 16.6. The third-order valence-electron chi connectivity index (χ3n) is 4.18. The lowest BCUT2D eigenvalue weighted by Crippen LogP contribution is -2.33. The maximum Gasteiger partial charge on any atom is 0.277 e. The number of hydrogen-bond donors (Lipinski definition) is 0. The molecule has 8 heteroatoms. The minimum Gasteiger partial charge on any atom is -0.411 e. The molecule has 1 aromatic carbocycles. The van der Waals surface area contributed by atoms with Gasteiger partial charge in [0, 0.05) is 29.1 Å². The summed E-state index contributed by atoms with van der Waals surface area (Å²) in [5, 5.41) is 8.92. The van der Waals surface area contributed by atoms with Gasteiger partial charge < -0.3 is 9.32 Å². The summed E-state index contributed by atoms with van der Waals surface area (Å²) in [6, 6.07) is 11.7. The molecule has 3 heterocycles. The van der Waals surface area contributed by atoms with Crippen molar-refractivity contribution in [1.29, 1.82) is 0 Å². The van der Waals surface area contributed by atoms with Crippen LogP contribution in [0.4, 0.5) is 5.69 Å². The molecule has 2 aromatic heterocycles. The Morgan fingerprint density at radius 3 is 3.04 bits per heavy atom. The molecule has 1 amide bonds. The van der Waals surface area contributed by atoms with Crippen LogP contribution in [0.15, 0.2) is 63.3 Å². The summed E-state index contributed by atoms with van der Waals surface area (Å²) in [6.07, 6.45) is 4.31. The third kappa shape index (κ3) is 4.17. The number of pyridine rings is 1. The van der Waals surface area contributed by atoms with Crippen molar-refractivity contribution in [2.45, 2.75) is 28.7 Å².